The van der Waals surface area contributed by atoms with Gasteiger partial charge in [0.1, 0.15) is 0 Å². The highest BCUT2D eigenvalue weighted by Crippen LogP contribution is 2.25. The fourth-order valence-corrected chi connectivity index (χ4v) is 0.934. The molecule has 1 aromatic heterocycles. The summed E-state index contributed by atoms with van der Waals surface area (Å²) < 4.78 is 0. The van der Waals surface area contributed by atoms with E-state index < -0.39 is 4.92 Å². The fourth-order valence-electron chi connectivity index (χ4n) is 0.934. The molecule has 0 aliphatic heterocycles. The normalized spacial score (nSPS) is 9.83. The van der Waals surface area contributed by atoms with E-state index in [-0.39, 0.29) is 11.5 Å². The zero-order chi connectivity index (χ0) is 9.30. The molecular weight excluding hydrogens is 158 g/mol. The second-order valence-corrected chi connectivity index (χ2v) is 2.56. The van der Waals surface area contributed by atoms with Gasteiger partial charge in [0.25, 0.3) is 0 Å². The average Bonchev–Trinajstić information content (AvgIpc) is 1.97. The molecule has 0 unspecified atom stereocenters. The number of pyridine rings is 1. The predicted molar refractivity (Wildman–Crippen MR) is 44.8 cm³/mol. The van der Waals surface area contributed by atoms with E-state index in [2.05, 4.69) is 4.98 Å². The lowest BCUT2D eigenvalue weighted by molar-refractivity contribution is -0.384. The molecule has 0 atom stereocenters. The molecule has 0 bridgehead atoms. The van der Waals surface area contributed by atoms with Crippen molar-refractivity contribution in [2.45, 2.75) is 13.8 Å². The van der Waals surface area contributed by atoms with E-state index in [1.165, 1.54) is 6.20 Å². The molecule has 0 fully saturated rings. The predicted octanol–water partition coefficient (Wildman–Crippen LogP) is 1.19. The molecule has 0 saturated carbocycles. The van der Waals surface area contributed by atoms with Crippen molar-refractivity contribution in [2.24, 2.45) is 0 Å². The standard InChI is InChI=1S/C7H9N3O2/c1-4-3-9-7(8)6(5(4)2)10(11)12/h3H,1-2H3,(H2,8,9). The maximum absolute atomic E-state index is 10.5. The lowest BCUT2D eigenvalue weighted by Crippen LogP contribution is -2.01. The molecule has 0 radical (unpaired) electrons. The Labute approximate surface area is 69.4 Å². The molecule has 0 aliphatic carbocycles. The summed E-state index contributed by atoms with van der Waals surface area (Å²) in [6.45, 7) is 3.42. The van der Waals surface area contributed by atoms with E-state index in [9.17, 15) is 10.1 Å². The van der Waals surface area contributed by atoms with Crippen molar-refractivity contribution < 1.29 is 4.92 Å². The SMILES string of the molecule is Cc1cnc(N)c([N+](=O)[O-])c1C. The first-order valence-corrected chi connectivity index (χ1v) is 3.40. The van der Waals surface area contributed by atoms with Crippen LogP contribution in [0, 0.1) is 24.0 Å². The summed E-state index contributed by atoms with van der Waals surface area (Å²) >= 11 is 0. The highest BCUT2D eigenvalue weighted by molar-refractivity contribution is 5.58. The number of anilines is 1. The Balaban J connectivity index is 3.43. The molecule has 1 aromatic rings. The van der Waals surface area contributed by atoms with Crippen LogP contribution in [0.3, 0.4) is 0 Å². The molecule has 2 N–H and O–H groups in total. The average molecular weight is 167 g/mol. The molecule has 64 valence electrons. The van der Waals surface area contributed by atoms with Crippen molar-refractivity contribution in [3.63, 3.8) is 0 Å². The lowest BCUT2D eigenvalue weighted by atomic mass is 10.1. The second-order valence-electron chi connectivity index (χ2n) is 2.56. The number of nitrogens with two attached hydrogens (primary N) is 1. The molecule has 1 rings (SSSR count). The van der Waals surface area contributed by atoms with Crippen molar-refractivity contribution in [1.82, 2.24) is 4.98 Å². The van der Waals surface area contributed by atoms with Gasteiger partial charge in [0.2, 0.25) is 5.82 Å². The topological polar surface area (TPSA) is 82.0 Å². The van der Waals surface area contributed by atoms with E-state index in [1.54, 1.807) is 13.8 Å². The monoisotopic (exact) mass is 167 g/mol. The number of nitrogen functional groups attached to an aromatic ring is 1. The summed E-state index contributed by atoms with van der Waals surface area (Å²) in [5, 5.41) is 10.5. The number of aromatic nitrogens is 1. The summed E-state index contributed by atoms with van der Waals surface area (Å²) in [4.78, 5) is 13.7. The number of nitrogens with zero attached hydrogens (tertiary/aromatic N) is 2. The maximum atomic E-state index is 10.5. The van der Waals surface area contributed by atoms with E-state index in [0.29, 0.717) is 5.56 Å². The highest BCUT2D eigenvalue weighted by Gasteiger charge is 2.17. The minimum Gasteiger partial charge on any atom is -0.378 e. The van der Waals surface area contributed by atoms with Crippen molar-refractivity contribution in [2.75, 3.05) is 5.73 Å². The minimum absolute atomic E-state index is 0.0249. The van der Waals surface area contributed by atoms with Gasteiger partial charge in [-0.3, -0.25) is 10.1 Å². The van der Waals surface area contributed by atoms with Crippen LogP contribution in [-0.4, -0.2) is 9.91 Å². The first-order chi connectivity index (χ1) is 5.54. The number of rotatable bonds is 1. The Bertz CT molecular complexity index is 336. The Morgan fingerprint density at radius 2 is 2.17 bits per heavy atom. The van der Waals surface area contributed by atoms with E-state index in [1.807, 2.05) is 0 Å². The van der Waals surface area contributed by atoms with Gasteiger partial charge in [0, 0.05) is 11.8 Å². The molecule has 0 spiro atoms. The van der Waals surface area contributed by atoms with Gasteiger partial charge in [-0.1, -0.05) is 0 Å². The quantitative estimate of drug-likeness (QED) is 0.503. The van der Waals surface area contributed by atoms with Crippen molar-refractivity contribution in [1.29, 1.82) is 0 Å². The van der Waals surface area contributed by atoms with Gasteiger partial charge in [-0.15, -0.1) is 0 Å². The number of hydrogen-bond acceptors (Lipinski definition) is 4. The lowest BCUT2D eigenvalue weighted by Gasteiger charge is -2.01. The Kier molecular flexibility index (Phi) is 1.95. The number of aryl methyl sites for hydroxylation is 1. The molecule has 0 amide bonds. The van der Waals surface area contributed by atoms with Crippen LogP contribution >= 0.6 is 0 Å². The first-order valence-electron chi connectivity index (χ1n) is 3.40. The van der Waals surface area contributed by atoms with Gasteiger partial charge in [0.15, 0.2) is 0 Å². The Morgan fingerprint density at radius 1 is 1.58 bits per heavy atom. The van der Waals surface area contributed by atoms with Crippen LogP contribution in [0.1, 0.15) is 11.1 Å². The van der Waals surface area contributed by atoms with E-state index >= 15 is 0 Å². The minimum atomic E-state index is -0.509. The van der Waals surface area contributed by atoms with Crippen LogP contribution in [0.5, 0.6) is 0 Å². The number of hydrogen-bond donors (Lipinski definition) is 1. The van der Waals surface area contributed by atoms with Gasteiger partial charge >= 0.3 is 5.69 Å². The summed E-state index contributed by atoms with van der Waals surface area (Å²) in [6, 6.07) is 0. The summed E-state index contributed by atoms with van der Waals surface area (Å²) in [5.74, 6) is -0.0249. The van der Waals surface area contributed by atoms with Crippen molar-refractivity contribution in [3.05, 3.63) is 27.4 Å². The van der Waals surface area contributed by atoms with E-state index in [4.69, 9.17) is 5.73 Å². The van der Waals surface area contributed by atoms with E-state index in [0.717, 1.165) is 5.56 Å². The van der Waals surface area contributed by atoms with Gasteiger partial charge in [-0.05, 0) is 19.4 Å². The second kappa shape index (κ2) is 2.77. The van der Waals surface area contributed by atoms with Crippen LogP contribution in [0.25, 0.3) is 0 Å². The van der Waals surface area contributed by atoms with Gasteiger partial charge in [-0.2, -0.15) is 0 Å². The van der Waals surface area contributed by atoms with Crippen LogP contribution < -0.4 is 5.73 Å². The highest BCUT2D eigenvalue weighted by atomic mass is 16.6. The van der Waals surface area contributed by atoms with Crippen LogP contribution in [0.2, 0.25) is 0 Å². The third-order valence-corrected chi connectivity index (χ3v) is 1.77. The van der Waals surface area contributed by atoms with Gasteiger partial charge in [-0.25, -0.2) is 4.98 Å². The third-order valence-electron chi connectivity index (χ3n) is 1.77. The summed E-state index contributed by atoms with van der Waals surface area (Å²) in [6.07, 6.45) is 1.53. The van der Waals surface area contributed by atoms with Crippen LogP contribution in [-0.2, 0) is 0 Å². The molecule has 0 aliphatic rings. The summed E-state index contributed by atoms with van der Waals surface area (Å²) in [5.41, 5.74) is 6.60. The van der Waals surface area contributed by atoms with Crippen molar-refractivity contribution >= 4 is 11.5 Å². The summed E-state index contributed by atoms with van der Waals surface area (Å²) in [7, 11) is 0. The Morgan fingerprint density at radius 3 is 2.58 bits per heavy atom. The fraction of sp³-hybridized carbons (Fsp3) is 0.286. The third kappa shape index (κ3) is 1.20. The molecule has 12 heavy (non-hydrogen) atoms. The first kappa shape index (κ1) is 8.45. The smallest absolute Gasteiger partial charge is 0.314 e. The number of nitro groups is 1. The molecular formula is C7H9N3O2. The van der Waals surface area contributed by atoms with Gasteiger partial charge in [0.05, 0.1) is 4.92 Å². The zero-order valence-corrected chi connectivity index (χ0v) is 6.87. The Hall–Kier alpha value is -1.65. The molecule has 0 aromatic carbocycles. The zero-order valence-electron chi connectivity index (χ0n) is 6.87. The largest absolute Gasteiger partial charge is 0.378 e. The van der Waals surface area contributed by atoms with Gasteiger partial charge < -0.3 is 5.73 Å². The van der Waals surface area contributed by atoms with Crippen LogP contribution in [0.4, 0.5) is 11.5 Å². The maximum Gasteiger partial charge on any atom is 0.314 e. The van der Waals surface area contributed by atoms with Crippen molar-refractivity contribution in [3.8, 4) is 0 Å². The molecule has 1 heterocycles. The molecule has 0 saturated heterocycles. The molecule has 5 nitrogen and oxygen atoms in total. The molecule has 5 heteroatoms. The van der Waals surface area contributed by atoms with Crippen LogP contribution in [0.15, 0.2) is 6.20 Å².